The zero-order valence-corrected chi connectivity index (χ0v) is 21.9. The molecular weight excluding hydrogens is 422 g/mol. The highest BCUT2D eigenvalue weighted by Crippen LogP contribution is 2.17. The summed E-state index contributed by atoms with van der Waals surface area (Å²) < 4.78 is 12.1. The third-order valence-corrected chi connectivity index (χ3v) is 6.19. The topological polar surface area (TPSA) is 35.5 Å². The van der Waals surface area contributed by atoms with E-state index in [-0.39, 0.29) is 18.5 Å². The Morgan fingerprint density at radius 2 is 1.53 bits per heavy atom. The van der Waals surface area contributed by atoms with E-state index in [1.807, 2.05) is 25.1 Å². The summed E-state index contributed by atoms with van der Waals surface area (Å²) in [6.07, 6.45) is 10.3. The number of aryl methyl sites for hydroxylation is 1. The number of esters is 1. The van der Waals surface area contributed by atoms with Gasteiger partial charge in [-0.2, -0.15) is 0 Å². The molecule has 0 aliphatic rings. The number of rotatable bonds is 17. The first-order valence-electron chi connectivity index (χ1n) is 13.1. The van der Waals surface area contributed by atoms with Gasteiger partial charge < -0.3 is 14.0 Å². The van der Waals surface area contributed by atoms with Crippen molar-refractivity contribution in [3.63, 3.8) is 0 Å². The number of carbonyl (C=O) groups is 1. The van der Waals surface area contributed by atoms with E-state index in [4.69, 9.17) is 9.47 Å². The van der Waals surface area contributed by atoms with Gasteiger partial charge in [-0.1, -0.05) is 87.9 Å². The van der Waals surface area contributed by atoms with Crippen molar-refractivity contribution in [2.75, 3.05) is 33.9 Å². The molecule has 1 atom stereocenters. The lowest BCUT2D eigenvalue weighted by atomic mass is 10.0. The second-order valence-electron chi connectivity index (χ2n) is 10.2. The van der Waals surface area contributed by atoms with Crippen LogP contribution in [0.15, 0.2) is 54.6 Å². The molecule has 2 rings (SSSR count). The lowest BCUT2D eigenvalue weighted by molar-refractivity contribution is -0.905. The number of benzene rings is 2. The van der Waals surface area contributed by atoms with Gasteiger partial charge in [-0.15, -0.1) is 0 Å². The average molecular weight is 469 g/mol. The molecular formula is C30H46NO3+. The van der Waals surface area contributed by atoms with Gasteiger partial charge in [0.15, 0.2) is 0 Å². The van der Waals surface area contributed by atoms with Gasteiger partial charge in [0.1, 0.15) is 31.4 Å². The molecule has 4 nitrogen and oxygen atoms in total. The van der Waals surface area contributed by atoms with Gasteiger partial charge in [-0.25, -0.2) is 0 Å². The zero-order chi connectivity index (χ0) is 24.7. The second kappa shape index (κ2) is 15.5. The Morgan fingerprint density at radius 3 is 2.26 bits per heavy atom. The fourth-order valence-electron chi connectivity index (χ4n) is 4.48. The van der Waals surface area contributed by atoms with Gasteiger partial charge in [0.05, 0.1) is 20.6 Å². The molecule has 2 aromatic rings. The maximum Gasteiger partial charge on any atom is 0.314 e. The third kappa shape index (κ3) is 11.7. The maximum atomic E-state index is 12.5. The molecule has 0 aromatic heterocycles. The number of hydrogen-bond donors (Lipinski definition) is 0. The largest absolute Gasteiger partial charge is 0.490 e. The molecule has 0 radical (unpaired) electrons. The molecule has 0 N–H and O–H groups in total. The van der Waals surface area contributed by atoms with Crippen LogP contribution in [0, 0.1) is 5.92 Å². The maximum absolute atomic E-state index is 12.5. The van der Waals surface area contributed by atoms with Crippen LogP contribution in [0.5, 0.6) is 5.75 Å². The van der Waals surface area contributed by atoms with Crippen molar-refractivity contribution in [3.8, 4) is 5.75 Å². The Morgan fingerprint density at radius 1 is 0.853 bits per heavy atom. The van der Waals surface area contributed by atoms with Crippen LogP contribution in [0.3, 0.4) is 0 Å². The van der Waals surface area contributed by atoms with Crippen LogP contribution in [0.4, 0.5) is 0 Å². The molecule has 34 heavy (non-hydrogen) atoms. The highest BCUT2D eigenvalue weighted by Gasteiger charge is 2.25. The van der Waals surface area contributed by atoms with E-state index in [0.29, 0.717) is 6.61 Å². The van der Waals surface area contributed by atoms with Crippen molar-refractivity contribution in [1.82, 2.24) is 0 Å². The first-order chi connectivity index (χ1) is 16.4. The molecule has 4 heteroatoms. The number of carbonyl (C=O) groups excluding carboxylic acids is 1. The van der Waals surface area contributed by atoms with Crippen LogP contribution in [0.25, 0.3) is 0 Å². The predicted octanol–water partition coefficient (Wildman–Crippen LogP) is 6.81. The number of nitrogens with zero attached hydrogens (tertiary/aromatic N) is 1. The molecule has 0 aliphatic heterocycles. The summed E-state index contributed by atoms with van der Waals surface area (Å²) in [5, 5.41) is 0. The summed E-state index contributed by atoms with van der Waals surface area (Å²) in [6.45, 7) is 6.47. The van der Waals surface area contributed by atoms with Crippen LogP contribution in [-0.2, 0) is 22.5 Å². The molecule has 0 fully saturated rings. The molecule has 0 saturated carbocycles. The Hall–Kier alpha value is -2.33. The van der Waals surface area contributed by atoms with Gasteiger partial charge in [-0.3, -0.25) is 4.79 Å². The predicted molar refractivity (Wildman–Crippen MR) is 141 cm³/mol. The summed E-state index contributed by atoms with van der Waals surface area (Å²) in [6, 6.07) is 18.7. The number of unbranched alkanes of at least 4 members (excludes halogenated alkanes) is 6. The summed E-state index contributed by atoms with van der Waals surface area (Å²) in [7, 11) is 4.30. The fraction of sp³-hybridized carbons (Fsp3) is 0.567. The van der Waals surface area contributed by atoms with Crippen molar-refractivity contribution in [3.05, 3.63) is 65.7 Å². The van der Waals surface area contributed by atoms with E-state index in [9.17, 15) is 4.79 Å². The van der Waals surface area contributed by atoms with Gasteiger partial charge in [0.2, 0.25) is 0 Å². The summed E-state index contributed by atoms with van der Waals surface area (Å²) in [5.41, 5.74) is 2.59. The van der Waals surface area contributed by atoms with Crippen LogP contribution in [0.2, 0.25) is 0 Å². The van der Waals surface area contributed by atoms with E-state index in [1.54, 1.807) is 0 Å². The molecule has 0 bridgehead atoms. The minimum Gasteiger partial charge on any atom is -0.490 e. The van der Waals surface area contributed by atoms with E-state index < -0.39 is 0 Å². The molecule has 0 aliphatic carbocycles. The van der Waals surface area contributed by atoms with E-state index in [2.05, 4.69) is 57.4 Å². The summed E-state index contributed by atoms with van der Waals surface area (Å²) in [5.74, 6) is 0.532. The van der Waals surface area contributed by atoms with E-state index in [1.165, 1.54) is 56.1 Å². The van der Waals surface area contributed by atoms with Crippen molar-refractivity contribution in [2.45, 2.75) is 71.8 Å². The van der Waals surface area contributed by atoms with Crippen LogP contribution < -0.4 is 4.74 Å². The molecule has 188 valence electrons. The fourth-order valence-corrected chi connectivity index (χ4v) is 4.48. The number of hydrogen-bond acceptors (Lipinski definition) is 3. The van der Waals surface area contributed by atoms with Crippen molar-refractivity contribution >= 4 is 5.97 Å². The van der Waals surface area contributed by atoms with Gasteiger partial charge in [-0.05, 0) is 37.5 Å². The van der Waals surface area contributed by atoms with E-state index >= 15 is 0 Å². The van der Waals surface area contributed by atoms with Crippen molar-refractivity contribution in [1.29, 1.82) is 0 Å². The van der Waals surface area contributed by atoms with E-state index in [0.717, 1.165) is 29.7 Å². The average Bonchev–Trinajstić information content (AvgIpc) is 2.81. The van der Waals surface area contributed by atoms with Crippen LogP contribution in [0.1, 0.15) is 69.9 Å². The minimum absolute atomic E-state index is 0.157. The normalized spacial score (nSPS) is 12.4. The van der Waals surface area contributed by atoms with Crippen LogP contribution in [-0.4, -0.2) is 44.3 Å². The number of quaternary nitrogens is 1. The Kier molecular flexibility index (Phi) is 12.8. The first-order valence-corrected chi connectivity index (χ1v) is 13.1. The molecule has 0 saturated heterocycles. The van der Waals surface area contributed by atoms with Gasteiger partial charge in [0.25, 0.3) is 0 Å². The zero-order valence-electron chi connectivity index (χ0n) is 21.9. The Balaban J connectivity index is 1.63. The smallest absolute Gasteiger partial charge is 0.314 e. The van der Waals surface area contributed by atoms with Gasteiger partial charge >= 0.3 is 5.97 Å². The van der Waals surface area contributed by atoms with Gasteiger partial charge in [0, 0.05) is 5.56 Å². The van der Waals surface area contributed by atoms with Crippen molar-refractivity contribution < 1.29 is 18.8 Å². The third-order valence-electron chi connectivity index (χ3n) is 6.19. The molecule has 0 heterocycles. The molecule has 0 amide bonds. The Labute approximate surface area is 207 Å². The molecule has 0 spiro atoms. The molecule has 1 unspecified atom stereocenters. The summed E-state index contributed by atoms with van der Waals surface area (Å²) in [4.78, 5) is 12.5. The SMILES string of the molecule is CCCCCCCCCc1cccc(OCCOC(=O)C(C)C[N+](C)(C)Cc2ccccc2)c1. The van der Waals surface area contributed by atoms with Crippen LogP contribution >= 0.6 is 0 Å². The molecule has 2 aromatic carbocycles. The Bertz CT molecular complexity index is 819. The second-order valence-corrected chi connectivity index (χ2v) is 10.2. The highest BCUT2D eigenvalue weighted by atomic mass is 16.6. The standard InChI is InChI=1S/C30H46NO3/c1-5-6-7-8-9-10-12-16-27-19-15-20-29(23-27)33-21-22-34-30(32)26(2)24-31(3,4)25-28-17-13-11-14-18-28/h11,13-15,17-20,23,26H,5-10,12,16,21-22,24-25H2,1-4H3/q+1. The number of ether oxygens (including phenoxy) is 2. The lowest BCUT2D eigenvalue weighted by Gasteiger charge is -2.31. The highest BCUT2D eigenvalue weighted by molar-refractivity contribution is 5.72. The first kappa shape index (κ1) is 27.9. The monoisotopic (exact) mass is 468 g/mol. The van der Waals surface area contributed by atoms with Crippen molar-refractivity contribution in [2.24, 2.45) is 5.92 Å². The lowest BCUT2D eigenvalue weighted by Crippen LogP contribution is -2.44. The summed E-state index contributed by atoms with van der Waals surface area (Å²) >= 11 is 0. The quantitative estimate of drug-likeness (QED) is 0.145. The minimum atomic E-state index is -0.163.